The molecule has 6 nitrogen and oxygen atoms in total. The van der Waals surface area contributed by atoms with E-state index >= 15 is 0 Å². The van der Waals surface area contributed by atoms with Crippen molar-refractivity contribution in [2.75, 3.05) is 20.1 Å². The fraction of sp³-hybridized carbons (Fsp3) is 0.500. The molecule has 0 aliphatic heterocycles. The topological polar surface area (TPSA) is 59.1 Å². The first kappa shape index (κ1) is 19.8. The van der Waals surface area contributed by atoms with Crippen LogP contribution in [0.25, 0.3) is 0 Å². The normalized spacial score (nSPS) is 10.9. The van der Waals surface area contributed by atoms with E-state index in [1.807, 2.05) is 51.1 Å². The predicted octanol–water partition coefficient (Wildman–Crippen LogP) is 3.67. The van der Waals surface area contributed by atoms with Crippen LogP contribution >= 0.6 is 0 Å². The Bertz CT molecular complexity index is 526. The van der Waals surface area contributed by atoms with Gasteiger partial charge in [-0.3, -0.25) is 0 Å². The average molecular weight is 335 g/mol. The van der Waals surface area contributed by atoms with Crippen molar-refractivity contribution in [3.63, 3.8) is 0 Å². The van der Waals surface area contributed by atoms with Crippen molar-refractivity contribution < 1.29 is 19.1 Å². The smallest absolute Gasteiger partial charge is 0.410 e. The number of carbonyl (C=O) groups is 2. The van der Waals surface area contributed by atoms with E-state index in [0.717, 1.165) is 5.56 Å². The molecule has 1 radical (unpaired) electrons. The predicted molar refractivity (Wildman–Crippen MR) is 92.2 cm³/mol. The molecule has 24 heavy (non-hydrogen) atoms. The van der Waals surface area contributed by atoms with Gasteiger partial charge in [-0.15, -0.1) is 0 Å². The molecule has 0 heterocycles. The molecule has 0 aliphatic rings. The van der Waals surface area contributed by atoms with E-state index in [4.69, 9.17) is 9.47 Å². The minimum absolute atomic E-state index is 0.214. The number of rotatable bonds is 6. The molecule has 6 heteroatoms. The van der Waals surface area contributed by atoms with E-state index in [1.54, 1.807) is 20.5 Å². The van der Waals surface area contributed by atoms with Gasteiger partial charge < -0.3 is 19.3 Å². The number of hydrogen-bond acceptors (Lipinski definition) is 4. The fourth-order valence-corrected chi connectivity index (χ4v) is 1.82. The minimum Gasteiger partial charge on any atom is -0.445 e. The summed E-state index contributed by atoms with van der Waals surface area (Å²) in [6.45, 7) is 9.71. The number of ether oxygens (including phenoxy) is 2. The third-order valence-corrected chi connectivity index (χ3v) is 3.13. The molecule has 133 valence electrons. The second-order valence-corrected chi connectivity index (χ2v) is 6.39. The fourth-order valence-electron chi connectivity index (χ4n) is 1.82. The molecule has 1 aromatic rings. The Kier molecular flexibility index (Phi) is 7.55. The molecular formula is C18H27N2O4. The molecule has 2 amide bonds. The Morgan fingerprint density at radius 3 is 2.25 bits per heavy atom. The summed E-state index contributed by atoms with van der Waals surface area (Å²) in [5.41, 5.74) is 0.379. The third-order valence-electron chi connectivity index (χ3n) is 3.13. The second-order valence-electron chi connectivity index (χ2n) is 6.39. The van der Waals surface area contributed by atoms with Gasteiger partial charge >= 0.3 is 12.2 Å². The van der Waals surface area contributed by atoms with Gasteiger partial charge in [0.05, 0.1) is 6.54 Å². The molecule has 0 fully saturated rings. The van der Waals surface area contributed by atoms with Gasteiger partial charge in [-0.05, 0) is 33.3 Å². The van der Waals surface area contributed by atoms with E-state index in [1.165, 1.54) is 9.80 Å². The van der Waals surface area contributed by atoms with E-state index in [0.29, 0.717) is 13.1 Å². The number of amides is 2. The zero-order valence-electron chi connectivity index (χ0n) is 15.1. The van der Waals surface area contributed by atoms with Gasteiger partial charge in [-0.2, -0.15) is 0 Å². The van der Waals surface area contributed by atoms with Crippen molar-refractivity contribution >= 4 is 12.2 Å². The molecule has 0 saturated carbocycles. The third kappa shape index (κ3) is 7.35. The van der Waals surface area contributed by atoms with E-state index < -0.39 is 17.8 Å². The van der Waals surface area contributed by atoms with Crippen LogP contribution in [0.4, 0.5) is 9.59 Å². The molecule has 0 N–H and O–H groups in total. The van der Waals surface area contributed by atoms with E-state index in [2.05, 4.69) is 0 Å². The highest BCUT2D eigenvalue weighted by Crippen LogP contribution is 2.09. The van der Waals surface area contributed by atoms with Gasteiger partial charge in [-0.25, -0.2) is 9.59 Å². The van der Waals surface area contributed by atoms with Crippen LogP contribution in [0.15, 0.2) is 30.3 Å². The van der Waals surface area contributed by atoms with Crippen molar-refractivity contribution in [2.45, 2.75) is 39.9 Å². The van der Waals surface area contributed by atoms with Gasteiger partial charge in [0.2, 0.25) is 0 Å². The Balaban J connectivity index is 2.43. The highest BCUT2D eigenvalue weighted by Gasteiger charge is 2.21. The van der Waals surface area contributed by atoms with Crippen LogP contribution < -0.4 is 0 Å². The quantitative estimate of drug-likeness (QED) is 0.796. The summed E-state index contributed by atoms with van der Waals surface area (Å²) in [6, 6.07) is 9.47. The summed E-state index contributed by atoms with van der Waals surface area (Å²) in [6.07, 6.45) is -0.866. The average Bonchev–Trinajstić information content (AvgIpc) is 2.52. The minimum atomic E-state index is -0.545. The van der Waals surface area contributed by atoms with Crippen molar-refractivity contribution in [2.24, 2.45) is 0 Å². The zero-order valence-corrected chi connectivity index (χ0v) is 15.1. The van der Waals surface area contributed by atoms with Crippen LogP contribution in [0.2, 0.25) is 0 Å². The number of carbonyl (C=O) groups excluding carboxylic acids is 2. The lowest BCUT2D eigenvalue weighted by atomic mass is 10.2. The molecule has 0 unspecified atom stereocenters. The summed E-state index contributed by atoms with van der Waals surface area (Å²) in [5, 5.41) is 0. The van der Waals surface area contributed by atoms with Gasteiger partial charge in [0.15, 0.2) is 0 Å². The maximum Gasteiger partial charge on any atom is 0.410 e. The largest absolute Gasteiger partial charge is 0.445 e. The van der Waals surface area contributed by atoms with Crippen molar-refractivity contribution in [1.82, 2.24) is 9.80 Å². The maximum absolute atomic E-state index is 12.1. The molecule has 1 rings (SSSR count). The standard InChI is InChI=1S/C18H27N2O4/c1-6-20(13-12-19(5)16(21)24-18(2,3)4)17(22)23-14-15-10-8-7-9-11-15/h6-11H,12-14H2,1-5H3. The lowest BCUT2D eigenvalue weighted by Gasteiger charge is -2.26. The number of likely N-dealkylation sites (N-methyl/N-ethyl adjacent to an activating group) is 1. The molecule has 0 aliphatic carbocycles. The van der Waals surface area contributed by atoms with Crippen LogP contribution in [-0.4, -0.2) is 47.7 Å². The molecule has 0 spiro atoms. The number of benzene rings is 1. The monoisotopic (exact) mass is 335 g/mol. The SMILES string of the molecule is C[CH]N(CCN(C)C(=O)OC(C)(C)C)C(=O)OCc1ccccc1. The van der Waals surface area contributed by atoms with Gasteiger partial charge in [0.1, 0.15) is 12.2 Å². The summed E-state index contributed by atoms with van der Waals surface area (Å²) >= 11 is 0. The summed E-state index contributed by atoms with van der Waals surface area (Å²) in [7, 11) is 1.64. The maximum atomic E-state index is 12.1. The van der Waals surface area contributed by atoms with Gasteiger partial charge in [0.25, 0.3) is 0 Å². The molecule has 0 aromatic heterocycles. The Morgan fingerprint density at radius 2 is 1.71 bits per heavy atom. The van der Waals surface area contributed by atoms with E-state index in [9.17, 15) is 9.59 Å². The van der Waals surface area contributed by atoms with Crippen LogP contribution in [0.3, 0.4) is 0 Å². The highest BCUT2D eigenvalue weighted by molar-refractivity contribution is 5.69. The van der Waals surface area contributed by atoms with Crippen LogP contribution in [0.5, 0.6) is 0 Å². The molecule has 1 aromatic carbocycles. The van der Waals surface area contributed by atoms with Crippen molar-refractivity contribution in [1.29, 1.82) is 0 Å². The Morgan fingerprint density at radius 1 is 1.08 bits per heavy atom. The van der Waals surface area contributed by atoms with Gasteiger partial charge in [0, 0.05) is 20.1 Å². The highest BCUT2D eigenvalue weighted by atomic mass is 16.6. The van der Waals surface area contributed by atoms with Crippen LogP contribution in [0, 0.1) is 6.54 Å². The van der Waals surface area contributed by atoms with Crippen molar-refractivity contribution in [3.05, 3.63) is 42.4 Å². The molecule has 0 bridgehead atoms. The Hall–Kier alpha value is -2.24. The first-order valence-electron chi connectivity index (χ1n) is 7.94. The second kappa shape index (κ2) is 9.15. The summed E-state index contributed by atoms with van der Waals surface area (Å²) < 4.78 is 10.5. The van der Waals surface area contributed by atoms with E-state index in [-0.39, 0.29) is 6.61 Å². The summed E-state index contributed by atoms with van der Waals surface area (Å²) in [4.78, 5) is 26.9. The van der Waals surface area contributed by atoms with Gasteiger partial charge in [-0.1, -0.05) is 30.3 Å². The number of hydrogen-bond donors (Lipinski definition) is 0. The number of nitrogens with zero attached hydrogens (tertiary/aromatic N) is 2. The summed E-state index contributed by atoms with van der Waals surface area (Å²) in [5.74, 6) is 0. The van der Waals surface area contributed by atoms with Crippen molar-refractivity contribution in [3.8, 4) is 0 Å². The van der Waals surface area contributed by atoms with Crippen LogP contribution in [-0.2, 0) is 16.1 Å². The lowest BCUT2D eigenvalue weighted by Crippen LogP contribution is -2.40. The van der Waals surface area contributed by atoms with Crippen LogP contribution in [0.1, 0.15) is 33.3 Å². The zero-order chi connectivity index (χ0) is 18.2. The molecule has 0 atom stereocenters. The first-order chi connectivity index (χ1) is 11.2. The first-order valence-corrected chi connectivity index (χ1v) is 7.94. The molecular weight excluding hydrogens is 308 g/mol. The Labute approximate surface area is 144 Å². The molecule has 0 saturated heterocycles. The lowest BCUT2D eigenvalue weighted by molar-refractivity contribution is 0.0281.